The van der Waals surface area contributed by atoms with Crippen LogP contribution in [-0.2, 0) is 14.3 Å². The van der Waals surface area contributed by atoms with E-state index < -0.39 is 35.3 Å². The Hall–Kier alpha value is -4.20. The number of ketones is 1. The maximum atomic E-state index is 13.3. The zero-order valence-electron chi connectivity index (χ0n) is 24.2. The van der Waals surface area contributed by atoms with Gasteiger partial charge in [-0.1, -0.05) is 94.3 Å². The number of hydrogen-bond acceptors (Lipinski definition) is 5. The molecule has 0 bridgehead atoms. The van der Waals surface area contributed by atoms with Crippen molar-refractivity contribution in [2.24, 2.45) is 5.41 Å². The molecule has 3 aromatic rings. The van der Waals surface area contributed by atoms with Crippen LogP contribution in [0.4, 0.5) is 4.79 Å². The quantitative estimate of drug-likeness (QED) is 0.324. The monoisotopic (exact) mass is 557 g/mol. The average Bonchev–Trinajstić information content (AvgIpc) is 3.27. The third-order valence-electron chi connectivity index (χ3n) is 7.72. The number of rotatable bonds is 10. The fourth-order valence-corrected chi connectivity index (χ4v) is 5.20. The zero-order valence-corrected chi connectivity index (χ0v) is 24.2. The van der Waals surface area contributed by atoms with E-state index in [2.05, 4.69) is 10.6 Å². The lowest BCUT2D eigenvalue weighted by Crippen LogP contribution is -2.49. The lowest BCUT2D eigenvalue weighted by atomic mass is 9.90. The molecule has 41 heavy (non-hydrogen) atoms. The van der Waals surface area contributed by atoms with E-state index in [9.17, 15) is 19.2 Å². The van der Waals surface area contributed by atoms with Gasteiger partial charge >= 0.3 is 6.09 Å². The molecule has 3 amide bonds. The Bertz CT molecular complexity index is 1400. The third kappa shape index (κ3) is 7.31. The van der Waals surface area contributed by atoms with E-state index in [0.29, 0.717) is 24.9 Å². The maximum Gasteiger partial charge on any atom is 0.408 e. The molecule has 0 spiro atoms. The molecule has 0 saturated carbocycles. The number of carbonyl (C=O) groups excluding carboxylic acids is 4. The van der Waals surface area contributed by atoms with Crippen molar-refractivity contribution < 1.29 is 23.9 Å². The smallest absolute Gasteiger partial charge is 0.408 e. The molecule has 8 nitrogen and oxygen atoms in total. The number of benzene rings is 3. The molecule has 0 radical (unpaired) electrons. The summed E-state index contributed by atoms with van der Waals surface area (Å²) in [4.78, 5) is 53.9. The number of likely N-dealkylation sites (tertiary alicyclic amines) is 1. The van der Waals surface area contributed by atoms with E-state index in [1.807, 2.05) is 93.6 Å². The summed E-state index contributed by atoms with van der Waals surface area (Å²) in [6.07, 6.45) is 0.408. The van der Waals surface area contributed by atoms with Crippen molar-refractivity contribution in [2.75, 3.05) is 13.1 Å². The van der Waals surface area contributed by atoms with Crippen LogP contribution in [0.3, 0.4) is 0 Å². The first-order chi connectivity index (χ1) is 19.6. The van der Waals surface area contributed by atoms with Crippen LogP contribution >= 0.6 is 0 Å². The normalized spacial score (nSPS) is 17.5. The SMILES string of the molecule is CCCC[C@H](NC(=O)O[C@@H]1CN(C(=O)c2ccc3ccccc3c2)CC1(C)C)C(=O)C(=O)N[C@H](C)c1ccccc1. The Kier molecular flexibility index (Phi) is 9.42. The van der Waals surface area contributed by atoms with Gasteiger partial charge in [0.2, 0.25) is 5.78 Å². The van der Waals surface area contributed by atoms with Gasteiger partial charge in [0.15, 0.2) is 0 Å². The summed E-state index contributed by atoms with van der Waals surface area (Å²) < 4.78 is 5.78. The molecule has 8 heteroatoms. The zero-order chi connectivity index (χ0) is 29.6. The molecule has 1 aliphatic heterocycles. The molecule has 3 aromatic carbocycles. The van der Waals surface area contributed by atoms with Crippen molar-refractivity contribution in [2.45, 2.75) is 65.1 Å². The number of nitrogens with zero attached hydrogens (tertiary/aromatic N) is 1. The Morgan fingerprint density at radius 3 is 2.34 bits per heavy atom. The molecule has 0 aliphatic carbocycles. The van der Waals surface area contributed by atoms with Crippen LogP contribution < -0.4 is 10.6 Å². The fourth-order valence-electron chi connectivity index (χ4n) is 5.20. The first kappa shape index (κ1) is 29.8. The maximum absolute atomic E-state index is 13.3. The molecule has 1 heterocycles. The number of carbonyl (C=O) groups is 4. The number of Topliss-reactive ketones (excluding diaryl/α,β-unsaturated/α-hetero) is 1. The lowest BCUT2D eigenvalue weighted by molar-refractivity contribution is -0.139. The second-order valence-corrected chi connectivity index (χ2v) is 11.4. The van der Waals surface area contributed by atoms with E-state index in [0.717, 1.165) is 22.8 Å². The van der Waals surface area contributed by atoms with Crippen molar-refractivity contribution in [1.29, 1.82) is 0 Å². The molecular formula is C33H39N3O5. The molecule has 2 N–H and O–H groups in total. The minimum absolute atomic E-state index is 0.129. The van der Waals surface area contributed by atoms with E-state index >= 15 is 0 Å². The number of hydrogen-bond donors (Lipinski definition) is 2. The van der Waals surface area contributed by atoms with Gasteiger partial charge in [0.25, 0.3) is 11.8 Å². The van der Waals surface area contributed by atoms with Gasteiger partial charge in [0.1, 0.15) is 12.1 Å². The summed E-state index contributed by atoms with van der Waals surface area (Å²) in [5.41, 5.74) is 0.942. The highest BCUT2D eigenvalue weighted by molar-refractivity contribution is 6.38. The molecule has 216 valence electrons. The summed E-state index contributed by atoms with van der Waals surface area (Å²) in [7, 11) is 0. The van der Waals surface area contributed by atoms with Gasteiger partial charge in [-0.25, -0.2) is 4.79 Å². The van der Waals surface area contributed by atoms with E-state index in [4.69, 9.17) is 4.74 Å². The van der Waals surface area contributed by atoms with Crippen molar-refractivity contribution in [1.82, 2.24) is 15.5 Å². The number of nitrogens with one attached hydrogen (secondary N) is 2. The van der Waals surface area contributed by atoms with Crippen LogP contribution in [0.2, 0.25) is 0 Å². The highest BCUT2D eigenvalue weighted by Crippen LogP contribution is 2.33. The number of fused-ring (bicyclic) bond motifs is 1. The van der Waals surface area contributed by atoms with Gasteiger partial charge in [0.05, 0.1) is 12.6 Å². The number of ether oxygens (including phenoxy) is 1. The van der Waals surface area contributed by atoms with Crippen LogP contribution in [0, 0.1) is 5.41 Å². The van der Waals surface area contributed by atoms with Crippen molar-refractivity contribution in [3.05, 3.63) is 83.9 Å². The molecular weight excluding hydrogens is 518 g/mol. The highest BCUT2D eigenvalue weighted by Gasteiger charge is 2.44. The van der Waals surface area contributed by atoms with Gasteiger partial charge in [0, 0.05) is 17.5 Å². The minimum Gasteiger partial charge on any atom is -0.444 e. The minimum atomic E-state index is -1.01. The van der Waals surface area contributed by atoms with Crippen LogP contribution in [0.15, 0.2) is 72.8 Å². The average molecular weight is 558 g/mol. The van der Waals surface area contributed by atoms with E-state index in [1.54, 1.807) is 11.8 Å². The Balaban J connectivity index is 1.38. The summed E-state index contributed by atoms with van der Waals surface area (Å²) in [6, 6.07) is 21.4. The molecule has 1 saturated heterocycles. The molecule has 3 atom stereocenters. The predicted octanol–water partition coefficient (Wildman–Crippen LogP) is 5.42. The van der Waals surface area contributed by atoms with Crippen molar-refractivity contribution in [3.63, 3.8) is 0 Å². The van der Waals surface area contributed by atoms with Crippen LogP contribution in [0.25, 0.3) is 10.8 Å². The van der Waals surface area contributed by atoms with Gasteiger partial charge in [-0.05, 0) is 41.8 Å². The second-order valence-electron chi connectivity index (χ2n) is 11.4. The van der Waals surface area contributed by atoms with E-state index in [1.165, 1.54) is 0 Å². The van der Waals surface area contributed by atoms with Crippen molar-refractivity contribution >= 4 is 34.5 Å². The molecule has 4 rings (SSSR count). The van der Waals surface area contributed by atoms with Crippen LogP contribution in [-0.4, -0.2) is 53.8 Å². The predicted molar refractivity (Wildman–Crippen MR) is 158 cm³/mol. The Morgan fingerprint density at radius 1 is 0.951 bits per heavy atom. The number of alkyl carbamates (subject to hydrolysis) is 1. The summed E-state index contributed by atoms with van der Waals surface area (Å²) in [6.45, 7) is 8.30. The van der Waals surface area contributed by atoms with Gasteiger partial charge < -0.3 is 20.3 Å². The first-order valence-corrected chi connectivity index (χ1v) is 14.2. The second kappa shape index (κ2) is 13.0. The topological polar surface area (TPSA) is 105 Å². The number of amides is 3. The lowest BCUT2D eigenvalue weighted by Gasteiger charge is -2.26. The molecule has 0 unspecified atom stereocenters. The van der Waals surface area contributed by atoms with Crippen LogP contribution in [0.5, 0.6) is 0 Å². The summed E-state index contributed by atoms with van der Waals surface area (Å²) in [5, 5.41) is 7.40. The Labute approximate surface area is 241 Å². The van der Waals surface area contributed by atoms with Crippen LogP contribution in [0.1, 0.15) is 68.9 Å². The van der Waals surface area contributed by atoms with E-state index in [-0.39, 0.29) is 18.5 Å². The van der Waals surface area contributed by atoms with Gasteiger partial charge in [-0.3, -0.25) is 14.4 Å². The standard InChI is InChI=1S/C33H39N3O5/c1-5-6-16-27(29(37)30(38)34-22(2)23-12-8-7-9-13-23)35-32(40)41-28-20-36(21-33(28,3)4)31(39)26-18-17-24-14-10-11-15-25(24)19-26/h7-15,17-19,22,27-28H,5-6,16,20-21H2,1-4H3,(H,34,38)(H,35,40)/t22-,27+,28-/m1/s1. The largest absolute Gasteiger partial charge is 0.444 e. The number of unbranched alkanes of at least 4 members (excludes halogenated alkanes) is 1. The summed E-state index contributed by atoms with van der Waals surface area (Å²) in [5.74, 6) is -1.59. The first-order valence-electron chi connectivity index (χ1n) is 14.2. The van der Waals surface area contributed by atoms with Crippen molar-refractivity contribution in [3.8, 4) is 0 Å². The summed E-state index contributed by atoms with van der Waals surface area (Å²) >= 11 is 0. The van der Waals surface area contributed by atoms with Gasteiger partial charge in [-0.15, -0.1) is 0 Å². The highest BCUT2D eigenvalue weighted by atomic mass is 16.6. The Morgan fingerprint density at radius 2 is 1.63 bits per heavy atom. The fraction of sp³-hybridized carbons (Fsp3) is 0.394. The van der Waals surface area contributed by atoms with Gasteiger partial charge in [-0.2, -0.15) is 0 Å². The third-order valence-corrected chi connectivity index (χ3v) is 7.72. The molecule has 1 fully saturated rings. The molecule has 0 aromatic heterocycles. The molecule has 1 aliphatic rings.